The molecule has 1 aliphatic rings. The van der Waals surface area contributed by atoms with E-state index in [-0.39, 0.29) is 11.6 Å². The molecule has 1 aromatic heterocycles. The first kappa shape index (κ1) is 17.8. The SMILES string of the molecule is COc1ccc(N2CCN(C(=O)c3cc4cc([N+](=O)[O-])ccc4[nH]3)CC2)cc1. The lowest BCUT2D eigenvalue weighted by atomic mass is 10.2. The molecular weight excluding hydrogens is 360 g/mol. The van der Waals surface area contributed by atoms with E-state index < -0.39 is 4.92 Å². The zero-order valence-corrected chi connectivity index (χ0v) is 15.4. The van der Waals surface area contributed by atoms with Gasteiger partial charge < -0.3 is 19.5 Å². The number of carbonyl (C=O) groups excluding carboxylic acids is 1. The van der Waals surface area contributed by atoms with E-state index >= 15 is 0 Å². The Morgan fingerprint density at radius 3 is 2.43 bits per heavy atom. The molecule has 8 heteroatoms. The van der Waals surface area contributed by atoms with Crippen molar-refractivity contribution in [2.24, 2.45) is 0 Å². The maximum absolute atomic E-state index is 12.8. The normalized spacial score (nSPS) is 14.3. The second-order valence-corrected chi connectivity index (χ2v) is 6.69. The van der Waals surface area contributed by atoms with Gasteiger partial charge >= 0.3 is 0 Å². The minimum atomic E-state index is -0.438. The molecule has 1 fully saturated rings. The van der Waals surface area contributed by atoms with Crippen molar-refractivity contribution >= 4 is 28.2 Å². The van der Waals surface area contributed by atoms with Gasteiger partial charge in [-0.25, -0.2) is 0 Å². The number of fused-ring (bicyclic) bond motifs is 1. The Balaban J connectivity index is 1.44. The first-order valence-corrected chi connectivity index (χ1v) is 9.00. The number of aromatic amines is 1. The number of nitro groups is 1. The van der Waals surface area contributed by atoms with Crippen molar-refractivity contribution in [2.75, 3.05) is 38.2 Å². The molecule has 28 heavy (non-hydrogen) atoms. The third-order valence-electron chi connectivity index (χ3n) is 5.05. The van der Waals surface area contributed by atoms with Crippen molar-refractivity contribution < 1.29 is 14.5 Å². The predicted molar refractivity (Wildman–Crippen MR) is 106 cm³/mol. The molecular formula is C20H20N4O4. The van der Waals surface area contributed by atoms with Crippen molar-refractivity contribution in [1.29, 1.82) is 0 Å². The summed E-state index contributed by atoms with van der Waals surface area (Å²) in [5.41, 5.74) is 2.28. The molecule has 1 saturated heterocycles. The van der Waals surface area contributed by atoms with Crippen LogP contribution in [0.15, 0.2) is 48.5 Å². The quantitative estimate of drug-likeness (QED) is 0.555. The standard InChI is InChI=1S/C20H20N4O4/c1-28-17-5-2-15(3-6-17)22-8-10-23(11-9-22)20(25)19-13-14-12-16(24(26)27)4-7-18(14)21-19/h2-7,12-13,21H,8-11H2,1H3. The van der Waals surface area contributed by atoms with Crippen LogP contribution in [0.2, 0.25) is 0 Å². The summed E-state index contributed by atoms with van der Waals surface area (Å²) in [5.74, 6) is 0.727. The molecule has 2 aromatic carbocycles. The summed E-state index contributed by atoms with van der Waals surface area (Å²) in [7, 11) is 1.64. The number of aromatic nitrogens is 1. The van der Waals surface area contributed by atoms with Gasteiger partial charge in [-0.2, -0.15) is 0 Å². The van der Waals surface area contributed by atoms with E-state index in [2.05, 4.69) is 9.88 Å². The monoisotopic (exact) mass is 380 g/mol. The highest BCUT2D eigenvalue weighted by Crippen LogP contribution is 2.24. The summed E-state index contributed by atoms with van der Waals surface area (Å²) >= 11 is 0. The zero-order valence-electron chi connectivity index (χ0n) is 15.4. The van der Waals surface area contributed by atoms with Crippen LogP contribution in [0.4, 0.5) is 11.4 Å². The Bertz CT molecular complexity index is 1020. The summed E-state index contributed by atoms with van der Waals surface area (Å²) in [6, 6.07) is 14.1. The van der Waals surface area contributed by atoms with Gasteiger partial charge in [0.15, 0.2) is 0 Å². The second kappa shape index (κ2) is 7.22. The van der Waals surface area contributed by atoms with Crippen molar-refractivity contribution in [1.82, 2.24) is 9.88 Å². The van der Waals surface area contributed by atoms with Crippen LogP contribution >= 0.6 is 0 Å². The highest BCUT2D eigenvalue weighted by atomic mass is 16.6. The molecule has 0 aliphatic carbocycles. The average molecular weight is 380 g/mol. The summed E-state index contributed by atoms with van der Waals surface area (Å²) in [6.07, 6.45) is 0. The number of nitrogens with zero attached hydrogens (tertiary/aromatic N) is 3. The fraction of sp³-hybridized carbons (Fsp3) is 0.250. The van der Waals surface area contributed by atoms with Crippen LogP contribution in [0.5, 0.6) is 5.75 Å². The highest BCUT2D eigenvalue weighted by Gasteiger charge is 2.24. The molecule has 0 bridgehead atoms. The summed E-state index contributed by atoms with van der Waals surface area (Å²) in [6.45, 7) is 2.70. The van der Waals surface area contributed by atoms with Gasteiger partial charge in [0.05, 0.1) is 12.0 Å². The van der Waals surface area contributed by atoms with Crippen LogP contribution in [0, 0.1) is 10.1 Å². The Morgan fingerprint density at radius 2 is 1.79 bits per heavy atom. The van der Waals surface area contributed by atoms with Gasteiger partial charge in [-0.05, 0) is 36.4 Å². The van der Waals surface area contributed by atoms with Gasteiger partial charge in [-0.3, -0.25) is 14.9 Å². The van der Waals surface area contributed by atoms with Crippen LogP contribution in [0.3, 0.4) is 0 Å². The van der Waals surface area contributed by atoms with Crippen molar-refractivity contribution in [3.63, 3.8) is 0 Å². The van der Waals surface area contributed by atoms with E-state index in [9.17, 15) is 14.9 Å². The Hall–Kier alpha value is -3.55. The molecule has 2 heterocycles. The smallest absolute Gasteiger partial charge is 0.270 e. The van der Waals surface area contributed by atoms with E-state index in [1.807, 2.05) is 24.3 Å². The Kier molecular flexibility index (Phi) is 4.60. The molecule has 0 spiro atoms. The summed E-state index contributed by atoms with van der Waals surface area (Å²) in [5, 5.41) is 11.6. The van der Waals surface area contributed by atoms with Gasteiger partial charge in [0, 0.05) is 54.9 Å². The van der Waals surface area contributed by atoms with E-state index in [4.69, 9.17) is 4.74 Å². The molecule has 1 N–H and O–H groups in total. The molecule has 0 radical (unpaired) electrons. The minimum Gasteiger partial charge on any atom is -0.497 e. The Morgan fingerprint density at radius 1 is 1.07 bits per heavy atom. The number of rotatable bonds is 4. The van der Waals surface area contributed by atoms with Gasteiger partial charge in [0.2, 0.25) is 0 Å². The number of H-pyrrole nitrogens is 1. The van der Waals surface area contributed by atoms with Crippen LogP contribution in [0.25, 0.3) is 10.9 Å². The second-order valence-electron chi connectivity index (χ2n) is 6.69. The maximum Gasteiger partial charge on any atom is 0.270 e. The summed E-state index contributed by atoms with van der Waals surface area (Å²) in [4.78, 5) is 30.4. The number of piperazine rings is 1. The van der Waals surface area contributed by atoms with Crippen molar-refractivity contribution in [3.8, 4) is 5.75 Å². The van der Waals surface area contributed by atoms with Gasteiger partial charge in [-0.1, -0.05) is 0 Å². The van der Waals surface area contributed by atoms with Crippen LogP contribution in [-0.4, -0.2) is 54.0 Å². The lowest BCUT2D eigenvalue weighted by Gasteiger charge is -2.36. The van der Waals surface area contributed by atoms with E-state index in [0.29, 0.717) is 29.7 Å². The van der Waals surface area contributed by atoms with E-state index in [1.165, 1.54) is 12.1 Å². The number of methoxy groups -OCH3 is 1. The number of nitrogens with one attached hydrogen (secondary N) is 1. The molecule has 0 saturated carbocycles. The number of nitro benzene ring substituents is 1. The first-order chi connectivity index (χ1) is 13.5. The zero-order chi connectivity index (χ0) is 19.7. The number of hydrogen-bond acceptors (Lipinski definition) is 5. The Labute approximate surface area is 161 Å². The lowest BCUT2D eigenvalue weighted by molar-refractivity contribution is -0.384. The number of ether oxygens (including phenoxy) is 1. The van der Waals surface area contributed by atoms with Crippen molar-refractivity contribution in [3.05, 3.63) is 64.3 Å². The highest BCUT2D eigenvalue weighted by molar-refractivity contribution is 5.98. The number of non-ortho nitro benzene ring substituents is 1. The van der Waals surface area contributed by atoms with Crippen LogP contribution in [-0.2, 0) is 0 Å². The first-order valence-electron chi connectivity index (χ1n) is 9.00. The fourth-order valence-electron chi connectivity index (χ4n) is 3.48. The molecule has 0 atom stereocenters. The largest absolute Gasteiger partial charge is 0.497 e. The number of hydrogen-bond donors (Lipinski definition) is 1. The molecule has 0 unspecified atom stereocenters. The number of anilines is 1. The van der Waals surface area contributed by atoms with E-state index in [1.54, 1.807) is 24.1 Å². The molecule has 3 aromatic rings. The topological polar surface area (TPSA) is 91.7 Å². The molecule has 4 rings (SSSR count). The van der Waals surface area contributed by atoms with Gasteiger partial charge in [0.25, 0.3) is 11.6 Å². The van der Waals surface area contributed by atoms with E-state index in [0.717, 1.165) is 24.5 Å². The number of amides is 1. The number of carbonyl (C=O) groups is 1. The number of benzene rings is 2. The third kappa shape index (κ3) is 3.36. The molecule has 8 nitrogen and oxygen atoms in total. The molecule has 1 amide bonds. The predicted octanol–water partition coefficient (Wildman–Crippen LogP) is 3.05. The van der Waals surface area contributed by atoms with Crippen LogP contribution < -0.4 is 9.64 Å². The minimum absolute atomic E-state index is 0.0126. The maximum atomic E-state index is 12.8. The van der Waals surface area contributed by atoms with Gasteiger partial charge in [-0.15, -0.1) is 0 Å². The lowest BCUT2D eigenvalue weighted by Crippen LogP contribution is -2.48. The average Bonchev–Trinajstić information content (AvgIpc) is 3.17. The fourth-order valence-corrected chi connectivity index (χ4v) is 3.48. The molecule has 144 valence electrons. The molecule has 1 aliphatic heterocycles. The van der Waals surface area contributed by atoms with Gasteiger partial charge in [0.1, 0.15) is 11.4 Å². The third-order valence-corrected chi connectivity index (χ3v) is 5.05. The van der Waals surface area contributed by atoms with Crippen molar-refractivity contribution in [2.45, 2.75) is 0 Å². The summed E-state index contributed by atoms with van der Waals surface area (Å²) < 4.78 is 5.19. The van der Waals surface area contributed by atoms with Crippen LogP contribution in [0.1, 0.15) is 10.5 Å².